The van der Waals surface area contributed by atoms with Crippen molar-refractivity contribution < 1.29 is 13.2 Å². The highest BCUT2D eigenvalue weighted by molar-refractivity contribution is 7.89. The number of nitrogens with one attached hydrogen (secondary N) is 2. The van der Waals surface area contributed by atoms with Crippen molar-refractivity contribution in [1.29, 1.82) is 0 Å². The van der Waals surface area contributed by atoms with Gasteiger partial charge in [-0.25, -0.2) is 13.1 Å². The quantitative estimate of drug-likeness (QED) is 0.738. The van der Waals surface area contributed by atoms with Crippen molar-refractivity contribution in [3.8, 4) is 0 Å². The van der Waals surface area contributed by atoms with Crippen LogP contribution in [0.4, 0.5) is 5.69 Å². The summed E-state index contributed by atoms with van der Waals surface area (Å²) in [5.41, 5.74) is 6.99. The van der Waals surface area contributed by atoms with Gasteiger partial charge in [0, 0.05) is 35.9 Å². The average molecular weight is 295 g/mol. The maximum atomic E-state index is 12.3. The first-order valence-corrected chi connectivity index (χ1v) is 8.02. The Kier molecular flexibility index (Phi) is 3.41. The minimum atomic E-state index is -3.55. The molecular weight excluding hydrogens is 278 g/mol. The van der Waals surface area contributed by atoms with E-state index in [1.165, 1.54) is 6.20 Å². The van der Waals surface area contributed by atoms with Crippen LogP contribution in [0.5, 0.6) is 0 Å². The van der Waals surface area contributed by atoms with E-state index in [0.29, 0.717) is 29.7 Å². The van der Waals surface area contributed by atoms with Gasteiger partial charge in [-0.05, 0) is 31.0 Å². The van der Waals surface area contributed by atoms with E-state index in [-0.39, 0.29) is 11.0 Å². The lowest BCUT2D eigenvalue weighted by molar-refractivity contribution is 0.114. The molecule has 1 unspecified atom stereocenters. The third kappa shape index (κ3) is 2.52. The predicted molar refractivity (Wildman–Crippen MR) is 76.9 cm³/mol. The molecule has 2 heterocycles. The number of nitrogens with two attached hydrogens (primary N) is 1. The molecule has 0 bridgehead atoms. The summed E-state index contributed by atoms with van der Waals surface area (Å²) in [4.78, 5) is 3.17. The maximum Gasteiger partial charge on any atom is 0.242 e. The summed E-state index contributed by atoms with van der Waals surface area (Å²) >= 11 is 0. The molecule has 0 aliphatic carbocycles. The molecule has 0 radical (unpaired) electrons. The number of rotatable bonds is 4. The Labute approximate surface area is 117 Å². The molecule has 1 atom stereocenters. The van der Waals surface area contributed by atoms with Crippen LogP contribution in [-0.2, 0) is 14.8 Å². The Balaban J connectivity index is 1.85. The second-order valence-electron chi connectivity index (χ2n) is 4.94. The summed E-state index contributed by atoms with van der Waals surface area (Å²) in [6, 6.07) is 5.12. The normalized spacial score (nSPS) is 19.7. The summed E-state index contributed by atoms with van der Waals surface area (Å²) in [5, 5.41) is 0.638. The number of aromatic amines is 1. The van der Waals surface area contributed by atoms with Crippen molar-refractivity contribution in [2.45, 2.75) is 23.8 Å². The number of ether oxygens (including phenoxy) is 1. The minimum Gasteiger partial charge on any atom is -0.399 e. The molecule has 1 fully saturated rings. The highest BCUT2D eigenvalue weighted by Crippen LogP contribution is 2.24. The topological polar surface area (TPSA) is 97.2 Å². The van der Waals surface area contributed by atoms with Gasteiger partial charge >= 0.3 is 0 Å². The first-order chi connectivity index (χ1) is 9.56. The van der Waals surface area contributed by atoms with Crippen LogP contribution in [0.2, 0.25) is 0 Å². The van der Waals surface area contributed by atoms with E-state index in [0.717, 1.165) is 12.8 Å². The zero-order chi connectivity index (χ0) is 14.2. The number of H-pyrrole nitrogens is 1. The Morgan fingerprint density at radius 2 is 2.30 bits per heavy atom. The number of nitrogen functional groups attached to an aromatic ring is 1. The second kappa shape index (κ2) is 5.08. The summed E-state index contributed by atoms with van der Waals surface area (Å²) < 4.78 is 32.7. The van der Waals surface area contributed by atoms with Crippen molar-refractivity contribution in [3.05, 3.63) is 24.4 Å². The fourth-order valence-corrected chi connectivity index (χ4v) is 3.67. The Morgan fingerprint density at radius 1 is 1.45 bits per heavy atom. The lowest BCUT2D eigenvalue weighted by Crippen LogP contribution is -2.31. The van der Waals surface area contributed by atoms with E-state index in [1.54, 1.807) is 18.2 Å². The van der Waals surface area contributed by atoms with Crippen molar-refractivity contribution in [2.24, 2.45) is 0 Å². The van der Waals surface area contributed by atoms with Crippen LogP contribution < -0.4 is 10.5 Å². The van der Waals surface area contributed by atoms with Gasteiger partial charge < -0.3 is 15.5 Å². The fourth-order valence-electron chi connectivity index (χ4n) is 2.43. The van der Waals surface area contributed by atoms with E-state index in [9.17, 15) is 8.42 Å². The summed E-state index contributed by atoms with van der Waals surface area (Å²) in [6.45, 7) is 1.02. The highest BCUT2D eigenvalue weighted by Gasteiger charge is 2.22. The molecule has 20 heavy (non-hydrogen) atoms. The van der Waals surface area contributed by atoms with Crippen molar-refractivity contribution in [2.75, 3.05) is 18.9 Å². The number of hydrogen-bond donors (Lipinski definition) is 3. The molecule has 0 amide bonds. The maximum absolute atomic E-state index is 12.3. The fraction of sp³-hybridized carbons (Fsp3) is 0.385. The number of sulfonamides is 1. The Bertz CT molecular complexity index is 718. The molecule has 6 nitrogen and oxygen atoms in total. The van der Waals surface area contributed by atoms with Crippen molar-refractivity contribution >= 4 is 26.6 Å². The standard InChI is InChI=1S/C13H17N3O3S/c14-9-3-4-11-12(6-9)15-8-13(11)20(17,18)16-7-10-2-1-5-19-10/h3-4,6,8,10,15-16H,1-2,5,7,14H2. The predicted octanol–water partition coefficient (Wildman–Crippen LogP) is 1.21. The average Bonchev–Trinajstić information content (AvgIpc) is 3.05. The molecule has 0 saturated carbocycles. The molecule has 1 saturated heterocycles. The number of fused-ring (bicyclic) bond motifs is 1. The first kappa shape index (κ1) is 13.4. The minimum absolute atomic E-state index is 0.0226. The van der Waals surface area contributed by atoms with Gasteiger partial charge in [0.05, 0.1) is 6.10 Å². The second-order valence-corrected chi connectivity index (χ2v) is 6.68. The SMILES string of the molecule is Nc1ccc2c(S(=O)(=O)NCC3CCCO3)c[nH]c2c1. The van der Waals surface area contributed by atoms with Crippen molar-refractivity contribution in [3.63, 3.8) is 0 Å². The van der Waals surface area contributed by atoms with Crippen LogP contribution >= 0.6 is 0 Å². The number of anilines is 1. The van der Waals surface area contributed by atoms with E-state index in [1.807, 2.05) is 0 Å². The molecular formula is C13H17N3O3S. The molecule has 1 aromatic heterocycles. The molecule has 2 aromatic rings. The zero-order valence-corrected chi connectivity index (χ0v) is 11.7. The largest absolute Gasteiger partial charge is 0.399 e. The lowest BCUT2D eigenvalue weighted by atomic mass is 10.2. The number of benzene rings is 1. The van der Waals surface area contributed by atoms with Crippen LogP contribution in [0.25, 0.3) is 10.9 Å². The Hall–Kier alpha value is -1.57. The monoisotopic (exact) mass is 295 g/mol. The van der Waals surface area contributed by atoms with Crippen LogP contribution in [0.15, 0.2) is 29.3 Å². The molecule has 1 aliphatic heterocycles. The molecule has 108 valence electrons. The van der Waals surface area contributed by atoms with Gasteiger partial charge in [0.15, 0.2) is 0 Å². The third-order valence-corrected chi connectivity index (χ3v) is 4.95. The van der Waals surface area contributed by atoms with Gasteiger partial charge in [-0.15, -0.1) is 0 Å². The lowest BCUT2D eigenvalue weighted by Gasteiger charge is -2.10. The first-order valence-electron chi connectivity index (χ1n) is 6.54. The van der Waals surface area contributed by atoms with Gasteiger partial charge in [-0.1, -0.05) is 0 Å². The van der Waals surface area contributed by atoms with Crippen LogP contribution in [0.3, 0.4) is 0 Å². The zero-order valence-electron chi connectivity index (χ0n) is 10.9. The van der Waals surface area contributed by atoms with Gasteiger partial charge in [0.1, 0.15) is 4.90 Å². The summed E-state index contributed by atoms with van der Waals surface area (Å²) in [5.74, 6) is 0. The van der Waals surface area contributed by atoms with Gasteiger partial charge in [0.2, 0.25) is 10.0 Å². The van der Waals surface area contributed by atoms with E-state index in [2.05, 4.69) is 9.71 Å². The Morgan fingerprint density at radius 3 is 3.05 bits per heavy atom. The van der Waals surface area contributed by atoms with E-state index in [4.69, 9.17) is 10.5 Å². The molecule has 4 N–H and O–H groups in total. The summed E-state index contributed by atoms with van der Waals surface area (Å²) in [7, 11) is -3.55. The van der Waals surface area contributed by atoms with Gasteiger partial charge in [-0.2, -0.15) is 0 Å². The van der Waals surface area contributed by atoms with Crippen LogP contribution in [0.1, 0.15) is 12.8 Å². The molecule has 1 aliphatic rings. The smallest absolute Gasteiger partial charge is 0.242 e. The highest BCUT2D eigenvalue weighted by atomic mass is 32.2. The number of aromatic nitrogens is 1. The van der Waals surface area contributed by atoms with Crippen molar-refractivity contribution in [1.82, 2.24) is 9.71 Å². The van der Waals surface area contributed by atoms with E-state index < -0.39 is 10.0 Å². The molecule has 7 heteroatoms. The van der Waals surface area contributed by atoms with Crippen LogP contribution in [-0.4, -0.2) is 32.7 Å². The third-order valence-electron chi connectivity index (χ3n) is 3.48. The molecule has 0 spiro atoms. The van der Waals surface area contributed by atoms with E-state index >= 15 is 0 Å². The van der Waals surface area contributed by atoms with Crippen LogP contribution in [0, 0.1) is 0 Å². The van der Waals surface area contributed by atoms with Gasteiger partial charge in [-0.3, -0.25) is 0 Å². The number of hydrogen-bond acceptors (Lipinski definition) is 4. The van der Waals surface area contributed by atoms with Gasteiger partial charge in [0.25, 0.3) is 0 Å². The summed E-state index contributed by atoms with van der Waals surface area (Å²) in [6.07, 6.45) is 3.35. The molecule has 3 rings (SSSR count). The molecule has 1 aromatic carbocycles.